The number of hydrogen-bond donors (Lipinski definition) is 2. The molecule has 1 rings (SSSR count). The topological polar surface area (TPSA) is 84.0 Å². The Kier molecular flexibility index (Phi) is 3.32. The Morgan fingerprint density at radius 1 is 1.54 bits per heavy atom. The van der Waals surface area contributed by atoms with Gasteiger partial charge in [0.1, 0.15) is 4.88 Å². The minimum Gasteiger partial charge on any atom is -0.273 e. The van der Waals surface area contributed by atoms with Crippen LogP contribution in [0.15, 0.2) is 6.20 Å². The first-order valence-electron chi connectivity index (χ1n) is 3.60. The van der Waals surface area contributed by atoms with E-state index < -0.39 is 5.91 Å². The lowest BCUT2D eigenvalue weighted by Gasteiger charge is -2.02. The number of aromatic nitrogens is 2. The summed E-state index contributed by atoms with van der Waals surface area (Å²) in [5, 5.41) is 3.49. The van der Waals surface area contributed by atoms with Gasteiger partial charge in [-0.15, -0.1) is 5.10 Å². The molecule has 1 aromatic heterocycles. The van der Waals surface area contributed by atoms with E-state index in [0.29, 0.717) is 11.3 Å². The molecule has 70 valence electrons. The van der Waals surface area contributed by atoms with Crippen molar-refractivity contribution in [2.75, 3.05) is 0 Å². The number of nitrogens with zero attached hydrogens (tertiary/aromatic N) is 2. The van der Waals surface area contributed by atoms with E-state index in [1.54, 1.807) is 6.92 Å². The minimum atomic E-state index is -0.406. The van der Waals surface area contributed by atoms with Crippen LogP contribution in [0.5, 0.6) is 0 Å². The molecule has 0 bridgehead atoms. The number of rotatable bonds is 2. The number of hydrazine groups is 1. The van der Waals surface area contributed by atoms with Crippen molar-refractivity contribution in [3.63, 3.8) is 0 Å². The van der Waals surface area contributed by atoms with Crippen LogP contribution in [0, 0.1) is 0 Å². The molecule has 0 unspecified atom stereocenters. The van der Waals surface area contributed by atoms with Crippen LogP contribution in [0.2, 0.25) is 0 Å². The van der Waals surface area contributed by atoms with Gasteiger partial charge in [0.05, 0.1) is 6.20 Å². The summed E-state index contributed by atoms with van der Waals surface area (Å²) in [5.74, 6) is -0.650. The van der Waals surface area contributed by atoms with Crippen molar-refractivity contribution in [3.8, 4) is 0 Å². The highest BCUT2D eigenvalue weighted by molar-refractivity contribution is 7.07. The molecule has 0 aliphatic heterocycles. The molecular formula is C6H8N4O2S. The first-order chi connectivity index (χ1) is 6.24. The van der Waals surface area contributed by atoms with Crippen LogP contribution >= 0.6 is 11.5 Å². The van der Waals surface area contributed by atoms with Gasteiger partial charge in [-0.2, -0.15) is 0 Å². The third kappa shape index (κ3) is 2.79. The number of nitrogens with one attached hydrogen (secondary N) is 2. The third-order valence-electron chi connectivity index (χ3n) is 1.22. The number of hydrogen-bond acceptors (Lipinski definition) is 5. The van der Waals surface area contributed by atoms with Gasteiger partial charge in [0.15, 0.2) is 0 Å². The molecule has 1 aromatic rings. The predicted octanol–water partition coefficient (Wildman–Crippen LogP) is -0.291. The summed E-state index contributed by atoms with van der Waals surface area (Å²) >= 11 is 0.966. The lowest BCUT2D eigenvalue weighted by atomic mass is 10.5. The number of carbonyl (C=O) groups excluding carboxylic acids is 2. The molecule has 0 aromatic carbocycles. The Hall–Kier alpha value is -1.50. The lowest BCUT2D eigenvalue weighted by Crippen LogP contribution is -2.40. The summed E-state index contributed by atoms with van der Waals surface area (Å²) in [4.78, 5) is 22.2. The van der Waals surface area contributed by atoms with E-state index in [9.17, 15) is 9.59 Å². The number of carbonyl (C=O) groups is 2. The zero-order valence-corrected chi connectivity index (χ0v) is 7.72. The summed E-state index contributed by atoms with van der Waals surface area (Å²) < 4.78 is 3.51. The van der Waals surface area contributed by atoms with Gasteiger partial charge >= 0.3 is 0 Å². The lowest BCUT2D eigenvalue weighted by molar-refractivity contribution is -0.121. The Morgan fingerprint density at radius 3 is 2.85 bits per heavy atom. The van der Waals surface area contributed by atoms with Gasteiger partial charge in [-0.3, -0.25) is 20.4 Å². The van der Waals surface area contributed by atoms with Gasteiger partial charge in [0.2, 0.25) is 5.91 Å². The summed E-state index contributed by atoms with van der Waals surface area (Å²) in [6.07, 6.45) is 1.65. The highest BCUT2D eigenvalue weighted by Crippen LogP contribution is 1.99. The van der Waals surface area contributed by atoms with Crippen molar-refractivity contribution < 1.29 is 9.59 Å². The second kappa shape index (κ2) is 4.51. The summed E-state index contributed by atoms with van der Waals surface area (Å²) in [6.45, 7) is 1.69. The summed E-state index contributed by atoms with van der Waals surface area (Å²) in [7, 11) is 0. The molecule has 13 heavy (non-hydrogen) atoms. The zero-order valence-electron chi connectivity index (χ0n) is 6.90. The smallest absolute Gasteiger partial charge is 0.273 e. The van der Waals surface area contributed by atoms with Gasteiger partial charge in [-0.25, -0.2) is 0 Å². The highest BCUT2D eigenvalue weighted by atomic mass is 32.1. The van der Waals surface area contributed by atoms with Crippen LogP contribution in [-0.2, 0) is 4.79 Å². The SMILES string of the molecule is CCC(=O)NNC(=O)c1cnns1. The average molecular weight is 200 g/mol. The molecule has 7 heteroatoms. The van der Waals surface area contributed by atoms with Gasteiger partial charge in [-0.1, -0.05) is 11.4 Å². The molecule has 0 saturated carbocycles. The van der Waals surface area contributed by atoms with Crippen molar-refractivity contribution in [1.29, 1.82) is 0 Å². The Bertz CT molecular complexity index is 298. The van der Waals surface area contributed by atoms with E-state index in [4.69, 9.17) is 0 Å². The first-order valence-corrected chi connectivity index (χ1v) is 4.38. The van der Waals surface area contributed by atoms with Crippen molar-refractivity contribution in [2.24, 2.45) is 0 Å². The van der Waals surface area contributed by atoms with Crippen LogP contribution in [0.25, 0.3) is 0 Å². The molecule has 1 heterocycles. The standard InChI is InChI=1S/C6H8N4O2S/c1-2-5(11)8-9-6(12)4-3-7-10-13-4/h3H,2H2,1H3,(H,8,11)(H,9,12). The summed E-state index contributed by atoms with van der Waals surface area (Å²) in [5.41, 5.74) is 4.46. The fraction of sp³-hybridized carbons (Fsp3) is 0.333. The number of amides is 2. The van der Waals surface area contributed by atoms with E-state index >= 15 is 0 Å². The van der Waals surface area contributed by atoms with Crippen molar-refractivity contribution >= 4 is 23.3 Å². The third-order valence-corrected chi connectivity index (χ3v) is 1.89. The fourth-order valence-electron chi connectivity index (χ4n) is 0.544. The fourth-order valence-corrected chi connectivity index (χ4v) is 0.954. The van der Waals surface area contributed by atoms with Gasteiger partial charge in [-0.05, 0) is 11.5 Å². The van der Waals surface area contributed by atoms with Crippen molar-refractivity contribution in [2.45, 2.75) is 13.3 Å². The van der Waals surface area contributed by atoms with Crippen molar-refractivity contribution in [3.05, 3.63) is 11.1 Å². The van der Waals surface area contributed by atoms with Crippen LogP contribution in [0.4, 0.5) is 0 Å². The largest absolute Gasteiger partial charge is 0.283 e. The molecule has 6 nitrogen and oxygen atoms in total. The van der Waals surface area contributed by atoms with E-state index in [1.807, 2.05) is 0 Å². The Balaban J connectivity index is 2.39. The van der Waals surface area contributed by atoms with E-state index in [2.05, 4.69) is 20.4 Å². The van der Waals surface area contributed by atoms with E-state index in [-0.39, 0.29) is 5.91 Å². The van der Waals surface area contributed by atoms with Crippen LogP contribution < -0.4 is 10.9 Å². The second-order valence-electron chi connectivity index (χ2n) is 2.14. The monoisotopic (exact) mass is 200 g/mol. The molecule has 0 saturated heterocycles. The molecular weight excluding hydrogens is 192 g/mol. The average Bonchev–Trinajstić information content (AvgIpc) is 2.66. The van der Waals surface area contributed by atoms with Crippen LogP contribution in [0.3, 0.4) is 0 Å². The molecule has 0 aliphatic carbocycles. The maximum absolute atomic E-state index is 11.1. The van der Waals surface area contributed by atoms with Crippen LogP contribution in [0.1, 0.15) is 23.0 Å². The maximum Gasteiger partial charge on any atom is 0.283 e. The second-order valence-corrected chi connectivity index (χ2v) is 2.92. The van der Waals surface area contributed by atoms with Gasteiger partial charge < -0.3 is 0 Å². The zero-order chi connectivity index (χ0) is 9.68. The molecule has 0 fully saturated rings. The molecule has 2 amide bonds. The molecule has 0 aliphatic rings. The first kappa shape index (κ1) is 9.59. The minimum absolute atomic E-state index is 0.245. The van der Waals surface area contributed by atoms with Gasteiger partial charge in [0, 0.05) is 6.42 Å². The van der Waals surface area contributed by atoms with Gasteiger partial charge in [0.25, 0.3) is 5.91 Å². The van der Waals surface area contributed by atoms with E-state index in [0.717, 1.165) is 11.5 Å². The molecule has 0 radical (unpaired) electrons. The normalized spacial score (nSPS) is 9.31. The maximum atomic E-state index is 11.1. The molecule has 2 N–H and O–H groups in total. The van der Waals surface area contributed by atoms with Crippen molar-refractivity contribution in [1.82, 2.24) is 20.4 Å². The predicted molar refractivity (Wildman–Crippen MR) is 45.8 cm³/mol. The Labute approximate surface area is 78.5 Å². The van der Waals surface area contributed by atoms with E-state index in [1.165, 1.54) is 6.20 Å². The highest BCUT2D eigenvalue weighted by Gasteiger charge is 2.07. The Morgan fingerprint density at radius 2 is 2.31 bits per heavy atom. The van der Waals surface area contributed by atoms with Crippen LogP contribution in [-0.4, -0.2) is 21.4 Å². The molecule has 0 atom stereocenters. The summed E-state index contributed by atoms with van der Waals surface area (Å²) in [6, 6.07) is 0. The molecule has 0 spiro atoms. The quantitative estimate of drug-likeness (QED) is 0.642.